The molecular weight excluding hydrogens is 366 g/mol. The molecule has 0 aliphatic carbocycles. The maximum atomic E-state index is 12.2. The summed E-state index contributed by atoms with van der Waals surface area (Å²) < 4.78 is 17.8. The smallest absolute Gasteiger partial charge is 0.258 e. The van der Waals surface area contributed by atoms with Gasteiger partial charge in [-0.25, -0.2) is 4.98 Å². The summed E-state index contributed by atoms with van der Waals surface area (Å²) in [5.74, 6) is 1.82. The molecule has 0 atom stereocenters. The zero-order valence-corrected chi connectivity index (χ0v) is 16.7. The van der Waals surface area contributed by atoms with Crippen LogP contribution < -0.4 is 19.8 Å². The Morgan fingerprint density at radius 2 is 1.78 bits per heavy atom. The molecule has 3 rings (SSSR count). The Kier molecular flexibility index (Phi) is 5.98. The van der Waals surface area contributed by atoms with Crippen molar-refractivity contribution < 1.29 is 14.2 Å². The minimum atomic E-state index is -0.0555. The second-order valence-electron chi connectivity index (χ2n) is 5.98. The molecule has 2 heterocycles. The zero-order chi connectivity index (χ0) is 19.4. The van der Waals surface area contributed by atoms with E-state index in [1.54, 1.807) is 38.0 Å². The number of rotatable bonds is 8. The number of benzene rings is 1. The fourth-order valence-corrected chi connectivity index (χ4v) is 3.70. The van der Waals surface area contributed by atoms with Crippen LogP contribution >= 0.6 is 11.3 Å². The van der Waals surface area contributed by atoms with E-state index >= 15 is 0 Å². The highest BCUT2D eigenvalue weighted by molar-refractivity contribution is 7.15. The normalized spacial score (nSPS) is 11.1. The van der Waals surface area contributed by atoms with Crippen molar-refractivity contribution in [3.8, 4) is 17.2 Å². The summed E-state index contributed by atoms with van der Waals surface area (Å²) in [4.78, 5) is 19.7. The number of fused-ring (bicyclic) bond motifs is 1. The Morgan fingerprint density at radius 1 is 1.07 bits per heavy atom. The molecule has 0 aliphatic rings. The van der Waals surface area contributed by atoms with Crippen molar-refractivity contribution in [3.63, 3.8) is 0 Å². The minimum Gasteiger partial charge on any atom is -0.493 e. The molecule has 1 aromatic carbocycles. The Bertz CT molecular complexity index is 957. The van der Waals surface area contributed by atoms with E-state index in [0.29, 0.717) is 35.3 Å². The third-order valence-electron chi connectivity index (χ3n) is 4.32. The van der Waals surface area contributed by atoms with Crippen LogP contribution in [0.5, 0.6) is 17.2 Å². The topological polar surface area (TPSA) is 65.3 Å². The summed E-state index contributed by atoms with van der Waals surface area (Å²) in [6.45, 7) is 4.13. The van der Waals surface area contributed by atoms with Crippen LogP contribution in [0.15, 0.2) is 34.6 Å². The Morgan fingerprint density at radius 3 is 2.37 bits per heavy atom. The lowest BCUT2D eigenvalue weighted by Crippen LogP contribution is -2.24. The van der Waals surface area contributed by atoms with E-state index in [4.69, 9.17) is 14.2 Å². The van der Waals surface area contributed by atoms with Gasteiger partial charge in [-0.1, -0.05) is 6.92 Å². The van der Waals surface area contributed by atoms with E-state index in [2.05, 4.69) is 16.8 Å². The zero-order valence-electron chi connectivity index (χ0n) is 15.9. The van der Waals surface area contributed by atoms with Gasteiger partial charge in [0.05, 0.1) is 27.0 Å². The second-order valence-corrected chi connectivity index (χ2v) is 6.85. The highest BCUT2D eigenvalue weighted by atomic mass is 32.1. The molecule has 3 aromatic rings. The number of thiazole rings is 1. The van der Waals surface area contributed by atoms with Gasteiger partial charge in [-0.15, -0.1) is 11.3 Å². The summed E-state index contributed by atoms with van der Waals surface area (Å²) in [6.07, 6.45) is 1.74. The first-order valence-electron chi connectivity index (χ1n) is 8.56. The summed E-state index contributed by atoms with van der Waals surface area (Å²) in [7, 11) is 4.79. The van der Waals surface area contributed by atoms with Gasteiger partial charge in [0.1, 0.15) is 0 Å². The van der Waals surface area contributed by atoms with Crippen LogP contribution in [0, 0.1) is 0 Å². The van der Waals surface area contributed by atoms with Crippen molar-refractivity contribution in [1.29, 1.82) is 0 Å². The van der Waals surface area contributed by atoms with Crippen LogP contribution in [-0.2, 0) is 13.1 Å². The number of methoxy groups -OCH3 is 3. The molecule has 0 fully saturated rings. The average Bonchev–Trinajstić information content (AvgIpc) is 3.15. The van der Waals surface area contributed by atoms with Gasteiger partial charge in [-0.05, 0) is 24.2 Å². The molecule has 144 valence electrons. The van der Waals surface area contributed by atoms with E-state index in [1.807, 2.05) is 17.5 Å². The molecule has 0 spiro atoms. The van der Waals surface area contributed by atoms with E-state index < -0.39 is 0 Å². The Labute approximate surface area is 161 Å². The molecule has 0 unspecified atom stereocenters. The van der Waals surface area contributed by atoms with E-state index in [1.165, 1.54) is 11.3 Å². The number of hydrogen-bond donors (Lipinski definition) is 0. The number of ether oxygens (including phenoxy) is 3. The lowest BCUT2D eigenvalue weighted by molar-refractivity contribution is 0.266. The predicted molar refractivity (Wildman–Crippen MR) is 105 cm³/mol. The summed E-state index contributed by atoms with van der Waals surface area (Å²) >= 11 is 1.45. The first kappa shape index (κ1) is 19.2. The van der Waals surface area contributed by atoms with Gasteiger partial charge < -0.3 is 14.2 Å². The quantitative estimate of drug-likeness (QED) is 0.590. The molecule has 0 saturated heterocycles. The lowest BCUT2D eigenvalue weighted by atomic mass is 10.1. The third-order valence-corrected chi connectivity index (χ3v) is 5.08. The first-order chi connectivity index (χ1) is 13.1. The van der Waals surface area contributed by atoms with Crippen LogP contribution in [0.2, 0.25) is 0 Å². The molecule has 0 saturated carbocycles. The minimum absolute atomic E-state index is 0.0555. The SMILES string of the molecule is CCN(Cc1cc(OC)c(OC)c(OC)c1)Cc1cc(=O)n2ccsc2n1. The van der Waals surface area contributed by atoms with Gasteiger partial charge >= 0.3 is 0 Å². The monoisotopic (exact) mass is 389 g/mol. The highest BCUT2D eigenvalue weighted by Crippen LogP contribution is 2.38. The van der Waals surface area contributed by atoms with Gasteiger partial charge in [0.15, 0.2) is 16.5 Å². The van der Waals surface area contributed by atoms with Crippen LogP contribution in [0.4, 0.5) is 0 Å². The summed E-state index contributed by atoms with van der Waals surface area (Å²) in [6, 6.07) is 5.47. The number of hydrogen-bond acceptors (Lipinski definition) is 7. The van der Waals surface area contributed by atoms with Gasteiger partial charge in [0, 0.05) is 30.7 Å². The highest BCUT2D eigenvalue weighted by Gasteiger charge is 2.15. The maximum Gasteiger partial charge on any atom is 0.258 e. The summed E-state index contributed by atoms with van der Waals surface area (Å²) in [5, 5.41) is 1.86. The van der Waals surface area contributed by atoms with Crippen molar-refractivity contribution in [1.82, 2.24) is 14.3 Å². The van der Waals surface area contributed by atoms with Crippen molar-refractivity contribution in [2.24, 2.45) is 0 Å². The third kappa shape index (κ3) is 4.06. The molecule has 2 aromatic heterocycles. The molecule has 0 amide bonds. The van der Waals surface area contributed by atoms with Gasteiger partial charge in [0.25, 0.3) is 5.56 Å². The van der Waals surface area contributed by atoms with Crippen molar-refractivity contribution in [2.75, 3.05) is 27.9 Å². The van der Waals surface area contributed by atoms with E-state index in [0.717, 1.165) is 17.8 Å². The fraction of sp³-hybridized carbons (Fsp3) is 0.368. The summed E-state index contributed by atoms with van der Waals surface area (Å²) in [5.41, 5.74) is 1.73. The molecule has 27 heavy (non-hydrogen) atoms. The molecule has 0 bridgehead atoms. The molecule has 8 heteroatoms. The lowest BCUT2D eigenvalue weighted by Gasteiger charge is -2.21. The number of aromatic nitrogens is 2. The Balaban J connectivity index is 1.85. The van der Waals surface area contributed by atoms with Crippen LogP contribution in [0.1, 0.15) is 18.2 Å². The van der Waals surface area contributed by atoms with Crippen LogP contribution in [0.25, 0.3) is 4.96 Å². The van der Waals surface area contributed by atoms with Crippen LogP contribution in [-0.4, -0.2) is 42.2 Å². The van der Waals surface area contributed by atoms with Gasteiger partial charge in [-0.3, -0.25) is 14.1 Å². The standard InChI is InChI=1S/C19H23N3O4S/c1-5-21(12-14-10-17(23)22-6-7-27-19(22)20-14)11-13-8-15(24-2)18(26-4)16(9-13)25-3/h6-10H,5,11-12H2,1-4H3. The van der Waals surface area contributed by atoms with E-state index in [-0.39, 0.29) is 5.56 Å². The maximum absolute atomic E-state index is 12.2. The molecule has 0 radical (unpaired) electrons. The van der Waals surface area contributed by atoms with Crippen molar-refractivity contribution in [2.45, 2.75) is 20.0 Å². The van der Waals surface area contributed by atoms with Crippen molar-refractivity contribution >= 4 is 16.3 Å². The fourth-order valence-electron chi connectivity index (χ4n) is 2.96. The largest absolute Gasteiger partial charge is 0.493 e. The molecule has 7 nitrogen and oxygen atoms in total. The number of nitrogens with zero attached hydrogens (tertiary/aromatic N) is 3. The molecule has 0 aliphatic heterocycles. The van der Waals surface area contributed by atoms with Crippen LogP contribution in [0.3, 0.4) is 0 Å². The predicted octanol–water partition coefficient (Wildman–Crippen LogP) is 2.80. The van der Waals surface area contributed by atoms with Gasteiger partial charge in [0.2, 0.25) is 5.75 Å². The first-order valence-corrected chi connectivity index (χ1v) is 9.44. The second kappa shape index (κ2) is 8.41. The average molecular weight is 389 g/mol. The van der Waals surface area contributed by atoms with Gasteiger partial charge in [-0.2, -0.15) is 0 Å². The van der Waals surface area contributed by atoms with E-state index in [9.17, 15) is 4.79 Å². The molecular formula is C19H23N3O4S. The Hall–Kier alpha value is -2.58. The molecule has 0 N–H and O–H groups in total. The van der Waals surface area contributed by atoms with Crippen molar-refractivity contribution in [3.05, 3.63) is 51.4 Å².